The molecule has 1 aromatic heterocycles. The van der Waals surface area contributed by atoms with Gasteiger partial charge in [0.05, 0.1) is 40.6 Å². The molecule has 35 heavy (non-hydrogen) atoms. The van der Waals surface area contributed by atoms with Crippen LogP contribution in [0.25, 0.3) is 11.4 Å². The number of aliphatic hydroxyl groups excluding tert-OH is 1. The van der Waals surface area contributed by atoms with Crippen molar-refractivity contribution in [3.8, 4) is 28.6 Å². The molecule has 0 fully saturated rings. The van der Waals surface area contributed by atoms with Crippen LogP contribution < -0.4 is 14.2 Å². The largest absolute Gasteiger partial charge is 0.493 e. The van der Waals surface area contributed by atoms with Crippen molar-refractivity contribution < 1.29 is 28.6 Å². The molecular weight excluding hydrogens is 450 g/mol. The lowest BCUT2D eigenvalue weighted by molar-refractivity contribution is 0.0244. The molecule has 188 valence electrons. The molecule has 0 radical (unpaired) electrons. The van der Waals surface area contributed by atoms with Crippen LogP contribution in [0.3, 0.4) is 0 Å². The van der Waals surface area contributed by atoms with E-state index < -0.39 is 6.10 Å². The molecule has 1 heterocycles. The number of nitrogens with zero attached hydrogens (tertiary/aromatic N) is 3. The van der Waals surface area contributed by atoms with Crippen LogP contribution in [-0.4, -0.2) is 73.9 Å². The van der Waals surface area contributed by atoms with Gasteiger partial charge in [0, 0.05) is 31.6 Å². The molecule has 9 nitrogen and oxygen atoms in total. The fourth-order valence-electron chi connectivity index (χ4n) is 3.65. The van der Waals surface area contributed by atoms with E-state index >= 15 is 0 Å². The Morgan fingerprint density at radius 3 is 2.43 bits per heavy atom. The number of hydrogen-bond acceptors (Lipinski definition) is 9. The third-order valence-electron chi connectivity index (χ3n) is 5.30. The number of methoxy groups -OCH3 is 3. The standard InChI is InChI=1S/C26H33N3O6/c1-5-13-34-18-21(30)17-29(16-19-9-7-6-8-10-19)12-11-24-27-26(28-35-24)20-14-22(31-2)25(33-4)23(15-20)32-3/h5-10,14-15,21,30H,1,11-13,16-18H2,2-4H3. The Bertz CT molecular complexity index is 1030. The lowest BCUT2D eigenvalue weighted by Crippen LogP contribution is -2.36. The smallest absolute Gasteiger partial charge is 0.228 e. The Hall–Kier alpha value is -3.40. The minimum absolute atomic E-state index is 0.239. The topological polar surface area (TPSA) is 99.3 Å². The predicted octanol–water partition coefficient (Wildman–Crippen LogP) is 3.37. The molecule has 1 N–H and O–H groups in total. The van der Waals surface area contributed by atoms with Crippen molar-refractivity contribution in [3.63, 3.8) is 0 Å². The zero-order valence-corrected chi connectivity index (χ0v) is 20.5. The first kappa shape index (κ1) is 26.2. The quantitative estimate of drug-likeness (QED) is 0.258. The molecule has 0 aliphatic heterocycles. The van der Waals surface area contributed by atoms with Crippen molar-refractivity contribution in [3.05, 3.63) is 66.6 Å². The van der Waals surface area contributed by atoms with E-state index in [4.69, 9.17) is 23.5 Å². The zero-order valence-electron chi connectivity index (χ0n) is 20.5. The molecule has 9 heteroatoms. The van der Waals surface area contributed by atoms with Crippen LogP contribution in [0.2, 0.25) is 0 Å². The van der Waals surface area contributed by atoms with Crippen LogP contribution >= 0.6 is 0 Å². The summed E-state index contributed by atoms with van der Waals surface area (Å²) in [5.74, 6) is 2.43. The SMILES string of the molecule is C=CCOCC(O)CN(CCc1nc(-c2cc(OC)c(OC)c(OC)c2)no1)Cc1ccccc1. The summed E-state index contributed by atoms with van der Waals surface area (Å²) >= 11 is 0. The molecule has 2 aromatic carbocycles. The van der Waals surface area contributed by atoms with Crippen molar-refractivity contribution in [2.75, 3.05) is 47.6 Å². The Balaban J connectivity index is 1.70. The Morgan fingerprint density at radius 1 is 1.09 bits per heavy atom. The minimum atomic E-state index is -0.629. The normalized spacial score (nSPS) is 11.9. The van der Waals surface area contributed by atoms with Gasteiger partial charge in [0.2, 0.25) is 17.5 Å². The molecule has 0 aliphatic carbocycles. The maximum absolute atomic E-state index is 10.4. The number of hydrogen-bond donors (Lipinski definition) is 1. The van der Waals surface area contributed by atoms with Crippen LogP contribution in [0.4, 0.5) is 0 Å². The lowest BCUT2D eigenvalue weighted by Gasteiger charge is -2.24. The molecular formula is C26H33N3O6. The van der Waals surface area contributed by atoms with Gasteiger partial charge >= 0.3 is 0 Å². The summed E-state index contributed by atoms with van der Waals surface area (Å²) < 4.78 is 27.1. The van der Waals surface area contributed by atoms with Crippen molar-refractivity contribution in [1.29, 1.82) is 0 Å². The van der Waals surface area contributed by atoms with Crippen LogP contribution in [0.1, 0.15) is 11.5 Å². The maximum atomic E-state index is 10.4. The molecule has 0 bridgehead atoms. The third-order valence-corrected chi connectivity index (χ3v) is 5.30. The second-order valence-electron chi connectivity index (χ2n) is 7.88. The molecule has 3 rings (SSSR count). The monoisotopic (exact) mass is 483 g/mol. The molecule has 0 amide bonds. The average Bonchev–Trinajstić information content (AvgIpc) is 3.36. The van der Waals surface area contributed by atoms with Gasteiger partial charge in [-0.1, -0.05) is 41.6 Å². The Kier molecular flexibility index (Phi) is 10.1. The van der Waals surface area contributed by atoms with Crippen LogP contribution in [-0.2, 0) is 17.7 Å². The molecule has 3 aromatic rings. The second-order valence-corrected chi connectivity index (χ2v) is 7.88. The highest BCUT2D eigenvalue weighted by molar-refractivity contribution is 5.66. The summed E-state index contributed by atoms with van der Waals surface area (Å²) in [5.41, 5.74) is 1.83. The van der Waals surface area contributed by atoms with Gasteiger partial charge in [-0.05, 0) is 17.7 Å². The van der Waals surface area contributed by atoms with Crippen LogP contribution in [0.15, 0.2) is 59.6 Å². The summed E-state index contributed by atoms with van der Waals surface area (Å²) in [6, 6.07) is 13.6. The molecule has 0 saturated heterocycles. The number of benzene rings is 2. The summed E-state index contributed by atoms with van der Waals surface area (Å²) in [6.07, 6.45) is 1.55. The average molecular weight is 484 g/mol. The van der Waals surface area contributed by atoms with Gasteiger partial charge in [-0.25, -0.2) is 0 Å². The zero-order chi connectivity index (χ0) is 25.0. The highest BCUT2D eigenvalue weighted by Crippen LogP contribution is 2.40. The van der Waals surface area contributed by atoms with Crippen molar-refractivity contribution in [1.82, 2.24) is 15.0 Å². The summed E-state index contributed by atoms with van der Waals surface area (Å²) in [5, 5.41) is 14.6. The van der Waals surface area contributed by atoms with Gasteiger partial charge in [0.25, 0.3) is 0 Å². The van der Waals surface area contributed by atoms with Gasteiger partial charge in [-0.15, -0.1) is 6.58 Å². The third kappa shape index (κ3) is 7.54. The number of rotatable bonds is 15. The van der Waals surface area contributed by atoms with Crippen molar-refractivity contribution >= 4 is 0 Å². The van der Waals surface area contributed by atoms with Crippen molar-refractivity contribution in [2.24, 2.45) is 0 Å². The van der Waals surface area contributed by atoms with Gasteiger partial charge in [-0.3, -0.25) is 4.90 Å². The number of aromatic nitrogens is 2. The van der Waals surface area contributed by atoms with Gasteiger partial charge in [0.15, 0.2) is 11.5 Å². The van der Waals surface area contributed by atoms with E-state index in [1.54, 1.807) is 39.5 Å². The van der Waals surface area contributed by atoms with E-state index in [0.29, 0.717) is 67.2 Å². The van der Waals surface area contributed by atoms with Gasteiger partial charge in [0.1, 0.15) is 0 Å². The lowest BCUT2D eigenvalue weighted by atomic mass is 10.1. The highest BCUT2D eigenvalue weighted by atomic mass is 16.5. The second kappa shape index (κ2) is 13.5. The van der Waals surface area contributed by atoms with E-state index in [9.17, 15) is 5.11 Å². The Morgan fingerprint density at radius 2 is 1.80 bits per heavy atom. The molecule has 0 spiro atoms. The molecule has 1 unspecified atom stereocenters. The predicted molar refractivity (Wildman–Crippen MR) is 132 cm³/mol. The maximum Gasteiger partial charge on any atom is 0.228 e. The van der Waals surface area contributed by atoms with E-state index in [2.05, 4.69) is 33.8 Å². The summed E-state index contributed by atoms with van der Waals surface area (Å²) in [4.78, 5) is 6.69. The van der Waals surface area contributed by atoms with Crippen LogP contribution in [0, 0.1) is 0 Å². The molecule has 0 saturated carbocycles. The Labute approximate surface area is 205 Å². The van der Waals surface area contributed by atoms with Crippen LogP contribution in [0.5, 0.6) is 17.2 Å². The molecule has 0 aliphatic rings. The molecule has 1 atom stereocenters. The van der Waals surface area contributed by atoms with Gasteiger partial charge < -0.3 is 28.6 Å². The first-order chi connectivity index (χ1) is 17.1. The highest BCUT2D eigenvalue weighted by Gasteiger charge is 2.19. The van der Waals surface area contributed by atoms with Gasteiger partial charge in [-0.2, -0.15) is 4.98 Å². The fraction of sp³-hybridized carbons (Fsp3) is 0.385. The minimum Gasteiger partial charge on any atom is -0.493 e. The fourth-order valence-corrected chi connectivity index (χ4v) is 3.65. The van der Waals surface area contributed by atoms with E-state index in [1.807, 2.05) is 18.2 Å². The first-order valence-corrected chi connectivity index (χ1v) is 11.3. The summed E-state index contributed by atoms with van der Waals surface area (Å²) in [6.45, 7) is 6.01. The summed E-state index contributed by atoms with van der Waals surface area (Å²) in [7, 11) is 4.66. The van der Waals surface area contributed by atoms with Crippen molar-refractivity contribution in [2.45, 2.75) is 19.1 Å². The van der Waals surface area contributed by atoms with E-state index in [-0.39, 0.29) is 6.61 Å². The number of ether oxygens (including phenoxy) is 4. The van der Waals surface area contributed by atoms with E-state index in [0.717, 1.165) is 5.56 Å². The van der Waals surface area contributed by atoms with E-state index in [1.165, 1.54) is 0 Å². The first-order valence-electron chi connectivity index (χ1n) is 11.3. The number of aliphatic hydroxyl groups is 1.